The van der Waals surface area contributed by atoms with E-state index < -0.39 is 9.84 Å². The number of sulfone groups is 1. The Morgan fingerprint density at radius 3 is 2.37 bits per heavy atom. The minimum atomic E-state index is -2.82. The van der Waals surface area contributed by atoms with Gasteiger partial charge in [-0.1, -0.05) is 20.8 Å². The van der Waals surface area contributed by atoms with Gasteiger partial charge in [-0.2, -0.15) is 0 Å². The molecule has 0 amide bonds. The van der Waals surface area contributed by atoms with Crippen LogP contribution in [0.4, 0.5) is 0 Å². The maximum absolute atomic E-state index is 11.4. The first-order chi connectivity index (χ1) is 9.05. The van der Waals surface area contributed by atoms with Crippen molar-refractivity contribution < 1.29 is 13.2 Å². The highest BCUT2D eigenvalue weighted by Crippen LogP contribution is 2.06. The third kappa shape index (κ3) is 11.4. The Kier molecular flexibility index (Phi) is 11.6. The van der Waals surface area contributed by atoms with Gasteiger partial charge in [-0.05, 0) is 38.6 Å². The van der Waals surface area contributed by atoms with E-state index in [0.29, 0.717) is 11.8 Å². The SMILES string of the molecule is CCCNC(CCCS(=O)(=O)CC)CCOCCC. The van der Waals surface area contributed by atoms with Crippen LogP contribution in [0.25, 0.3) is 0 Å². The Labute approximate surface area is 119 Å². The molecule has 0 aromatic heterocycles. The normalized spacial score (nSPS) is 13.6. The second-order valence-corrected chi connectivity index (χ2v) is 7.40. The fourth-order valence-corrected chi connectivity index (χ4v) is 2.76. The van der Waals surface area contributed by atoms with E-state index >= 15 is 0 Å². The van der Waals surface area contributed by atoms with Gasteiger partial charge in [0.25, 0.3) is 0 Å². The van der Waals surface area contributed by atoms with Gasteiger partial charge in [0.1, 0.15) is 9.84 Å². The molecule has 0 saturated carbocycles. The van der Waals surface area contributed by atoms with E-state index in [0.717, 1.165) is 51.9 Å². The van der Waals surface area contributed by atoms with Crippen LogP contribution in [0, 0.1) is 0 Å². The molecule has 116 valence electrons. The first kappa shape index (κ1) is 18.9. The lowest BCUT2D eigenvalue weighted by Crippen LogP contribution is -2.31. The van der Waals surface area contributed by atoms with Crippen molar-refractivity contribution in [2.45, 2.75) is 58.9 Å². The standard InChI is InChI=1S/C14H31NO3S/c1-4-10-15-14(9-12-18-11-5-2)8-7-13-19(16,17)6-3/h14-15H,4-13H2,1-3H3. The van der Waals surface area contributed by atoms with Gasteiger partial charge in [0, 0.05) is 25.0 Å². The van der Waals surface area contributed by atoms with Crippen LogP contribution in [-0.2, 0) is 14.6 Å². The van der Waals surface area contributed by atoms with E-state index in [1.807, 2.05) is 0 Å². The van der Waals surface area contributed by atoms with Crippen LogP contribution in [0.15, 0.2) is 0 Å². The van der Waals surface area contributed by atoms with Gasteiger partial charge in [0.15, 0.2) is 0 Å². The maximum atomic E-state index is 11.4. The van der Waals surface area contributed by atoms with Crippen molar-refractivity contribution in [2.24, 2.45) is 0 Å². The Hall–Kier alpha value is -0.130. The molecule has 0 bridgehead atoms. The number of rotatable bonds is 13. The summed E-state index contributed by atoms with van der Waals surface area (Å²) in [4.78, 5) is 0. The minimum Gasteiger partial charge on any atom is -0.381 e. The smallest absolute Gasteiger partial charge is 0.150 e. The van der Waals surface area contributed by atoms with Gasteiger partial charge in [-0.3, -0.25) is 0 Å². The van der Waals surface area contributed by atoms with E-state index in [4.69, 9.17) is 4.74 Å². The molecular formula is C14H31NO3S. The number of ether oxygens (including phenoxy) is 1. The highest BCUT2D eigenvalue weighted by Gasteiger charge is 2.11. The van der Waals surface area contributed by atoms with Crippen LogP contribution < -0.4 is 5.32 Å². The maximum Gasteiger partial charge on any atom is 0.150 e. The third-order valence-electron chi connectivity index (χ3n) is 3.09. The molecule has 0 aliphatic rings. The molecular weight excluding hydrogens is 262 g/mol. The molecule has 5 heteroatoms. The van der Waals surface area contributed by atoms with E-state index in [9.17, 15) is 8.42 Å². The molecule has 0 aromatic rings. The predicted octanol–water partition coefficient (Wildman–Crippen LogP) is 2.39. The predicted molar refractivity (Wildman–Crippen MR) is 81.4 cm³/mol. The lowest BCUT2D eigenvalue weighted by Gasteiger charge is -2.18. The molecule has 1 atom stereocenters. The summed E-state index contributed by atoms with van der Waals surface area (Å²) >= 11 is 0. The van der Waals surface area contributed by atoms with Crippen molar-refractivity contribution in [3.8, 4) is 0 Å². The van der Waals surface area contributed by atoms with Crippen LogP contribution in [0.3, 0.4) is 0 Å². The van der Waals surface area contributed by atoms with Crippen LogP contribution in [0.5, 0.6) is 0 Å². The van der Waals surface area contributed by atoms with E-state index in [2.05, 4.69) is 19.2 Å². The molecule has 0 fully saturated rings. The molecule has 1 N–H and O–H groups in total. The van der Waals surface area contributed by atoms with Crippen LogP contribution in [-0.4, -0.2) is 45.7 Å². The summed E-state index contributed by atoms with van der Waals surface area (Å²) in [7, 11) is -2.82. The lowest BCUT2D eigenvalue weighted by atomic mass is 10.1. The topological polar surface area (TPSA) is 55.4 Å². The average Bonchev–Trinajstić information content (AvgIpc) is 2.40. The quantitative estimate of drug-likeness (QED) is 0.530. The van der Waals surface area contributed by atoms with E-state index in [-0.39, 0.29) is 5.75 Å². The molecule has 0 aromatic carbocycles. The number of hydrogen-bond donors (Lipinski definition) is 1. The second kappa shape index (κ2) is 11.7. The van der Waals surface area contributed by atoms with Crippen LogP contribution in [0.1, 0.15) is 52.9 Å². The summed E-state index contributed by atoms with van der Waals surface area (Å²) in [6.45, 7) is 8.50. The van der Waals surface area contributed by atoms with Crippen molar-refractivity contribution in [2.75, 3.05) is 31.3 Å². The highest BCUT2D eigenvalue weighted by molar-refractivity contribution is 7.91. The zero-order chi connectivity index (χ0) is 14.6. The fraction of sp³-hybridized carbons (Fsp3) is 1.00. The average molecular weight is 293 g/mol. The van der Waals surface area contributed by atoms with Gasteiger partial charge in [-0.15, -0.1) is 0 Å². The Bertz CT molecular complexity index is 291. The molecule has 0 aliphatic carbocycles. The zero-order valence-electron chi connectivity index (χ0n) is 12.8. The Morgan fingerprint density at radius 1 is 1.05 bits per heavy atom. The van der Waals surface area contributed by atoms with Crippen molar-refractivity contribution in [1.82, 2.24) is 5.32 Å². The largest absolute Gasteiger partial charge is 0.381 e. The summed E-state index contributed by atoms with van der Waals surface area (Å²) in [5, 5.41) is 3.48. The zero-order valence-corrected chi connectivity index (χ0v) is 13.6. The first-order valence-electron chi connectivity index (χ1n) is 7.57. The summed E-state index contributed by atoms with van der Waals surface area (Å²) in [5.41, 5.74) is 0. The van der Waals surface area contributed by atoms with E-state index in [1.165, 1.54) is 0 Å². The molecule has 1 unspecified atom stereocenters. The van der Waals surface area contributed by atoms with Crippen molar-refractivity contribution >= 4 is 9.84 Å². The van der Waals surface area contributed by atoms with E-state index in [1.54, 1.807) is 6.92 Å². The van der Waals surface area contributed by atoms with Gasteiger partial charge in [-0.25, -0.2) is 8.42 Å². The Morgan fingerprint density at radius 2 is 1.79 bits per heavy atom. The van der Waals surface area contributed by atoms with Crippen molar-refractivity contribution in [1.29, 1.82) is 0 Å². The Balaban J connectivity index is 3.91. The summed E-state index contributed by atoms with van der Waals surface area (Å²) in [6, 6.07) is 0.379. The first-order valence-corrected chi connectivity index (χ1v) is 9.39. The molecule has 0 spiro atoms. The monoisotopic (exact) mass is 293 g/mol. The molecule has 0 rings (SSSR count). The molecule has 0 radical (unpaired) electrons. The van der Waals surface area contributed by atoms with Crippen molar-refractivity contribution in [3.63, 3.8) is 0 Å². The van der Waals surface area contributed by atoms with Crippen LogP contribution >= 0.6 is 0 Å². The lowest BCUT2D eigenvalue weighted by molar-refractivity contribution is 0.123. The van der Waals surface area contributed by atoms with Gasteiger partial charge in [0.05, 0.1) is 5.75 Å². The van der Waals surface area contributed by atoms with Crippen LogP contribution in [0.2, 0.25) is 0 Å². The fourth-order valence-electron chi connectivity index (χ4n) is 1.86. The molecule has 19 heavy (non-hydrogen) atoms. The number of hydrogen-bond acceptors (Lipinski definition) is 4. The van der Waals surface area contributed by atoms with Crippen molar-refractivity contribution in [3.05, 3.63) is 0 Å². The molecule has 0 heterocycles. The van der Waals surface area contributed by atoms with Gasteiger partial charge < -0.3 is 10.1 Å². The van der Waals surface area contributed by atoms with Gasteiger partial charge >= 0.3 is 0 Å². The minimum absolute atomic E-state index is 0.250. The third-order valence-corrected chi connectivity index (χ3v) is 4.88. The highest BCUT2D eigenvalue weighted by atomic mass is 32.2. The summed E-state index contributed by atoms with van der Waals surface area (Å²) in [6.07, 6.45) is 4.76. The molecule has 0 aliphatic heterocycles. The molecule has 4 nitrogen and oxygen atoms in total. The summed E-state index contributed by atoms with van der Waals surface area (Å²) < 4.78 is 28.4. The second-order valence-electron chi connectivity index (χ2n) is 4.93. The molecule has 0 saturated heterocycles. The number of nitrogens with one attached hydrogen (secondary N) is 1. The van der Waals surface area contributed by atoms with Gasteiger partial charge in [0.2, 0.25) is 0 Å². The summed E-state index contributed by atoms with van der Waals surface area (Å²) in [5.74, 6) is 0.559.